The lowest BCUT2D eigenvalue weighted by Gasteiger charge is -2.58. The molecule has 0 aromatic carbocycles. The summed E-state index contributed by atoms with van der Waals surface area (Å²) in [6.45, 7) is 7.63. The van der Waals surface area contributed by atoms with E-state index in [0.29, 0.717) is 10.8 Å². The van der Waals surface area contributed by atoms with E-state index in [2.05, 4.69) is 26.8 Å². The van der Waals surface area contributed by atoms with Crippen molar-refractivity contribution in [3.8, 4) is 0 Å². The molecule has 3 unspecified atom stereocenters. The third-order valence-electron chi connectivity index (χ3n) is 8.55. The van der Waals surface area contributed by atoms with Crippen LogP contribution in [0.1, 0.15) is 72.1 Å². The van der Waals surface area contributed by atoms with E-state index in [9.17, 15) is 5.11 Å². The molecule has 3 saturated carbocycles. The predicted molar refractivity (Wildman–Crippen MR) is 86.9 cm³/mol. The Kier molecular flexibility index (Phi) is 3.13. The predicted octanol–water partition coefficient (Wildman–Crippen LogP) is 4.95. The van der Waals surface area contributed by atoms with Crippen LogP contribution in [0, 0.1) is 34.5 Å². The average Bonchev–Trinajstić information content (AvgIpc) is 2.76. The maximum Gasteiger partial charge on any atom is 0.0577 e. The quantitative estimate of drug-likeness (QED) is 0.626. The maximum atomic E-state index is 10.0. The molecule has 1 nitrogen and oxygen atoms in total. The minimum Gasteiger partial charge on any atom is -0.393 e. The second kappa shape index (κ2) is 4.60. The average molecular weight is 288 g/mol. The van der Waals surface area contributed by atoms with E-state index in [1.165, 1.54) is 38.5 Å². The third kappa shape index (κ3) is 1.85. The van der Waals surface area contributed by atoms with Crippen molar-refractivity contribution in [1.82, 2.24) is 0 Å². The Balaban J connectivity index is 1.68. The summed E-state index contributed by atoms with van der Waals surface area (Å²) in [5.41, 5.74) is 2.64. The first kappa shape index (κ1) is 14.3. The van der Waals surface area contributed by atoms with Crippen LogP contribution in [0.4, 0.5) is 0 Å². The van der Waals surface area contributed by atoms with Crippen molar-refractivity contribution in [1.29, 1.82) is 0 Å². The van der Waals surface area contributed by atoms with Gasteiger partial charge >= 0.3 is 0 Å². The molecular weight excluding hydrogens is 256 g/mol. The van der Waals surface area contributed by atoms with Crippen LogP contribution in [0.2, 0.25) is 0 Å². The zero-order valence-electron chi connectivity index (χ0n) is 14.1. The Labute approximate surface area is 130 Å². The van der Waals surface area contributed by atoms with Gasteiger partial charge in [-0.15, -0.1) is 0 Å². The summed E-state index contributed by atoms with van der Waals surface area (Å²) in [4.78, 5) is 0. The summed E-state index contributed by atoms with van der Waals surface area (Å²) in [5.74, 6) is 3.72. The first-order chi connectivity index (χ1) is 9.95. The van der Waals surface area contributed by atoms with Crippen molar-refractivity contribution in [3.05, 3.63) is 11.6 Å². The molecule has 0 spiro atoms. The first-order valence-electron chi connectivity index (χ1n) is 9.33. The van der Waals surface area contributed by atoms with Gasteiger partial charge in [-0.25, -0.2) is 0 Å². The van der Waals surface area contributed by atoms with Crippen molar-refractivity contribution < 1.29 is 5.11 Å². The molecular formula is C20H32O. The Bertz CT molecular complexity index is 466. The maximum absolute atomic E-state index is 10.0. The molecule has 0 saturated heterocycles. The molecule has 0 amide bonds. The Morgan fingerprint density at radius 3 is 2.67 bits per heavy atom. The standard InChI is InChI=1S/C20H32O/c1-13-4-7-17-16-6-5-14-12-15(21)8-10-20(14,3)18(16)9-11-19(13,17)2/h5,13,15-18,21H,4,6-12H2,1-3H3/t13-,15-,16?,17?,18?,19+,20-/m0/s1. The third-order valence-corrected chi connectivity index (χ3v) is 8.55. The van der Waals surface area contributed by atoms with Gasteiger partial charge in [-0.2, -0.15) is 0 Å². The van der Waals surface area contributed by atoms with E-state index in [1.54, 1.807) is 5.57 Å². The fourth-order valence-electron chi connectivity index (χ4n) is 6.90. The highest BCUT2D eigenvalue weighted by Gasteiger charge is 2.57. The molecule has 3 fully saturated rings. The molecule has 1 N–H and O–H groups in total. The zero-order valence-corrected chi connectivity index (χ0v) is 14.1. The van der Waals surface area contributed by atoms with Crippen LogP contribution < -0.4 is 0 Å². The molecule has 1 heteroatoms. The molecule has 118 valence electrons. The van der Waals surface area contributed by atoms with E-state index in [-0.39, 0.29) is 6.10 Å². The molecule has 4 aliphatic carbocycles. The van der Waals surface area contributed by atoms with Crippen LogP contribution in [0.25, 0.3) is 0 Å². The van der Waals surface area contributed by atoms with Crippen molar-refractivity contribution >= 4 is 0 Å². The van der Waals surface area contributed by atoms with Crippen LogP contribution in [0.3, 0.4) is 0 Å². The fraction of sp³-hybridized carbons (Fsp3) is 0.900. The number of aliphatic hydroxyl groups is 1. The zero-order chi connectivity index (χ0) is 14.8. The van der Waals surface area contributed by atoms with Gasteiger partial charge in [0.05, 0.1) is 6.10 Å². The number of hydrogen-bond acceptors (Lipinski definition) is 1. The van der Waals surface area contributed by atoms with E-state index in [0.717, 1.165) is 36.5 Å². The van der Waals surface area contributed by atoms with Crippen molar-refractivity contribution in [2.45, 2.75) is 78.2 Å². The first-order valence-corrected chi connectivity index (χ1v) is 9.33. The van der Waals surface area contributed by atoms with Gasteiger partial charge in [0, 0.05) is 0 Å². The van der Waals surface area contributed by atoms with Gasteiger partial charge < -0.3 is 5.11 Å². The molecule has 7 atom stereocenters. The minimum atomic E-state index is -0.0683. The molecule has 4 rings (SSSR count). The lowest BCUT2D eigenvalue weighted by molar-refractivity contribution is -0.0474. The number of fused-ring (bicyclic) bond motifs is 5. The molecule has 0 radical (unpaired) electrons. The van der Waals surface area contributed by atoms with Gasteiger partial charge in [-0.3, -0.25) is 0 Å². The molecule has 0 bridgehead atoms. The molecule has 0 aliphatic heterocycles. The number of allylic oxidation sites excluding steroid dienone is 1. The SMILES string of the molecule is C[C@H]1CCC2C3CC=C4C[C@@H](O)CC[C@]4(C)C3CC[C@@]21C. The second-order valence-electron chi connectivity index (χ2n) is 9.18. The Morgan fingerprint density at radius 2 is 1.86 bits per heavy atom. The van der Waals surface area contributed by atoms with Gasteiger partial charge in [0.25, 0.3) is 0 Å². The summed E-state index contributed by atoms with van der Waals surface area (Å²) in [6, 6.07) is 0. The smallest absolute Gasteiger partial charge is 0.0577 e. The van der Waals surface area contributed by atoms with Crippen LogP contribution >= 0.6 is 0 Å². The molecule has 4 aliphatic rings. The monoisotopic (exact) mass is 288 g/mol. The summed E-state index contributed by atoms with van der Waals surface area (Å²) in [6.07, 6.45) is 12.8. The van der Waals surface area contributed by atoms with Crippen molar-refractivity contribution in [2.75, 3.05) is 0 Å². The van der Waals surface area contributed by atoms with E-state index >= 15 is 0 Å². The van der Waals surface area contributed by atoms with Crippen LogP contribution in [-0.2, 0) is 0 Å². The minimum absolute atomic E-state index is 0.0683. The molecule has 0 aromatic heterocycles. The lowest BCUT2D eigenvalue weighted by atomic mass is 9.47. The second-order valence-corrected chi connectivity index (χ2v) is 9.18. The van der Waals surface area contributed by atoms with Crippen molar-refractivity contribution in [3.63, 3.8) is 0 Å². The largest absolute Gasteiger partial charge is 0.393 e. The van der Waals surface area contributed by atoms with Gasteiger partial charge in [0.2, 0.25) is 0 Å². The Hall–Kier alpha value is -0.300. The summed E-state index contributed by atoms with van der Waals surface area (Å²) < 4.78 is 0. The van der Waals surface area contributed by atoms with E-state index < -0.39 is 0 Å². The normalized spacial score (nSPS) is 56.2. The molecule has 0 heterocycles. The highest BCUT2D eigenvalue weighted by atomic mass is 16.3. The summed E-state index contributed by atoms with van der Waals surface area (Å²) >= 11 is 0. The topological polar surface area (TPSA) is 20.2 Å². The molecule has 21 heavy (non-hydrogen) atoms. The van der Waals surface area contributed by atoms with Crippen LogP contribution in [0.5, 0.6) is 0 Å². The van der Waals surface area contributed by atoms with Gasteiger partial charge in [0.15, 0.2) is 0 Å². The number of hydrogen-bond donors (Lipinski definition) is 1. The highest BCUT2D eigenvalue weighted by Crippen LogP contribution is 2.66. The van der Waals surface area contributed by atoms with Crippen LogP contribution in [-0.4, -0.2) is 11.2 Å². The van der Waals surface area contributed by atoms with E-state index in [4.69, 9.17) is 0 Å². The van der Waals surface area contributed by atoms with Crippen molar-refractivity contribution in [2.24, 2.45) is 34.5 Å². The van der Waals surface area contributed by atoms with Gasteiger partial charge in [0.1, 0.15) is 0 Å². The highest BCUT2D eigenvalue weighted by molar-refractivity contribution is 5.25. The Morgan fingerprint density at radius 1 is 1.05 bits per heavy atom. The number of aliphatic hydroxyl groups excluding tert-OH is 1. The van der Waals surface area contributed by atoms with E-state index in [1.807, 2.05) is 0 Å². The summed E-state index contributed by atoms with van der Waals surface area (Å²) in [7, 11) is 0. The van der Waals surface area contributed by atoms with Crippen LogP contribution in [0.15, 0.2) is 11.6 Å². The van der Waals surface area contributed by atoms with Gasteiger partial charge in [-0.1, -0.05) is 32.4 Å². The molecule has 0 aromatic rings. The van der Waals surface area contributed by atoms with Gasteiger partial charge in [-0.05, 0) is 85.9 Å². The summed E-state index contributed by atoms with van der Waals surface area (Å²) in [5, 5.41) is 10.0. The number of rotatable bonds is 0. The fourth-order valence-corrected chi connectivity index (χ4v) is 6.90. The lowest BCUT2D eigenvalue weighted by Crippen LogP contribution is -2.50.